The van der Waals surface area contributed by atoms with Crippen LogP contribution in [0.1, 0.15) is 50.0 Å². The van der Waals surface area contributed by atoms with Gasteiger partial charge in [-0.3, -0.25) is 9.69 Å². The zero-order chi connectivity index (χ0) is 20.0. The molecule has 4 nitrogen and oxygen atoms in total. The SMILES string of the molecule is CC(C)N1CCc2c(sc(NC(=O)C3CCCC3)c2-c2nc3ccccc3s2)C1. The van der Waals surface area contributed by atoms with Gasteiger partial charge < -0.3 is 5.32 Å². The third kappa shape index (κ3) is 3.62. The fraction of sp³-hybridized carbons (Fsp3) is 0.478. The summed E-state index contributed by atoms with van der Waals surface area (Å²) in [6.45, 7) is 6.55. The van der Waals surface area contributed by atoms with Gasteiger partial charge in [0, 0.05) is 35.5 Å². The number of fused-ring (bicyclic) bond motifs is 2. The molecule has 0 spiro atoms. The Hall–Kier alpha value is -1.76. The Bertz CT molecular complexity index is 1010. The highest BCUT2D eigenvalue weighted by Crippen LogP contribution is 2.46. The van der Waals surface area contributed by atoms with Gasteiger partial charge in [-0.1, -0.05) is 25.0 Å². The number of hydrogen-bond acceptors (Lipinski definition) is 5. The molecule has 1 fully saturated rings. The van der Waals surface area contributed by atoms with Crippen molar-refractivity contribution in [2.45, 2.75) is 58.5 Å². The topological polar surface area (TPSA) is 45.2 Å². The molecule has 0 unspecified atom stereocenters. The highest BCUT2D eigenvalue weighted by atomic mass is 32.1. The van der Waals surface area contributed by atoms with Crippen LogP contribution in [0.15, 0.2) is 24.3 Å². The number of anilines is 1. The predicted molar refractivity (Wildman–Crippen MR) is 123 cm³/mol. The number of para-hydroxylation sites is 1. The van der Waals surface area contributed by atoms with Crippen molar-refractivity contribution in [3.63, 3.8) is 0 Å². The van der Waals surface area contributed by atoms with Crippen molar-refractivity contribution in [3.8, 4) is 10.6 Å². The first-order valence-electron chi connectivity index (χ1n) is 10.7. The summed E-state index contributed by atoms with van der Waals surface area (Å²) in [5, 5.41) is 5.38. The van der Waals surface area contributed by atoms with Gasteiger partial charge in [0.15, 0.2) is 0 Å². The Morgan fingerprint density at radius 1 is 1.21 bits per heavy atom. The molecule has 5 rings (SSSR count). The Balaban J connectivity index is 1.56. The number of rotatable bonds is 4. The molecule has 1 aliphatic heterocycles. The molecular formula is C23H27N3OS2. The molecule has 1 aromatic carbocycles. The van der Waals surface area contributed by atoms with E-state index in [0.717, 1.165) is 47.9 Å². The van der Waals surface area contributed by atoms with Gasteiger partial charge >= 0.3 is 0 Å². The first kappa shape index (κ1) is 19.2. The first-order valence-corrected chi connectivity index (χ1v) is 12.3. The lowest BCUT2D eigenvalue weighted by atomic mass is 10.0. The Morgan fingerprint density at radius 3 is 2.76 bits per heavy atom. The van der Waals surface area contributed by atoms with Crippen LogP contribution in [-0.2, 0) is 17.8 Å². The molecular weight excluding hydrogens is 398 g/mol. The van der Waals surface area contributed by atoms with Gasteiger partial charge in [-0.25, -0.2) is 4.98 Å². The largest absolute Gasteiger partial charge is 0.317 e. The lowest BCUT2D eigenvalue weighted by molar-refractivity contribution is -0.119. The number of thiophene rings is 1. The van der Waals surface area contributed by atoms with Crippen molar-refractivity contribution >= 4 is 43.8 Å². The third-order valence-corrected chi connectivity index (χ3v) is 8.47. The van der Waals surface area contributed by atoms with Crippen LogP contribution in [0.2, 0.25) is 0 Å². The minimum absolute atomic E-state index is 0.171. The second kappa shape index (κ2) is 7.82. The Labute approximate surface area is 180 Å². The van der Waals surface area contributed by atoms with E-state index in [2.05, 4.69) is 42.3 Å². The summed E-state index contributed by atoms with van der Waals surface area (Å²) >= 11 is 3.51. The van der Waals surface area contributed by atoms with Crippen molar-refractivity contribution in [1.82, 2.24) is 9.88 Å². The normalized spacial score (nSPS) is 17.9. The maximum atomic E-state index is 12.9. The molecule has 0 radical (unpaired) electrons. The van der Waals surface area contributed by atoms with Gasteiger partial charge in [0.2, 0.25) is 5.91 Å². The van der Waals surface area contributed by atoms with E-state index in [-0.39, 0.29) is 11.8 Å². The lowest BCUT2D eigenvalue weighted by Crippen LogP contribution is -2.35. The fourth-order valence-electron chi connectivity index (χ4n) is 4.56. The molecule has 0 saturated heterocycles. The van der Waals surface area contributed by atoms with Crippen LogP contribution in [0.4, 0.5) is 5.00 Å². The summed E-state index contributed by atoms with van der Waals surface area (Å²) in [6, 6.07) is 8.85. The molecule has 2 aromatic heterocycles. The van der Waals surface area contributed by atoms with Crippen molar-refractivity contribution in [3.05, 3.63) is 34.7 Å². The van der Waals surface area contributed by atoms with Gasteiger partial charge in [0.25, 0.3) is 0 Å². The Morgan fingerprint density at radius 2 is 2.00 bits per heavy atom. The summed E-state index contributed by atoms with van der Waals surface area (Å²) in [5.74, 6) is 0.369. The predicted octanol–water partition coefficient (Wildman–Crippen LogP) is 5.92. The summed E-state index contributed by atoms with van der Waals surface area (Å²) in [5.41, 5.74) is 3.62. The molecule has 1 aliphatic carbocycles. The minimum atomic E-state index is 0.171. The van der Waals surface area contributed by atoms with Gasteiger partial charge in [0.1, 0.15) is 10.0 Å². The zero-order valence-electron chi connectivity index (χ0n) is 17.0. The summed E-state index contributed by atoms with van der Waals surface area (Å²) in [4.78, 5) is 21.8. The lowest BCUT2D eigenvalue weighted by Gasteiger charge is -2.30. The van der Waals surface area contributed by atoms with Crippen molar-refractivity contribution in [2.24, 2.45) is 5.92 Å². The molecule has 1 amide bonds. The van der Waals surface area contributed by atoms with Crippen LogP contribution >= 0.6 is 22.7 Å². The summed E-state index contributed by atoms with van der Waals surface area (Å²) in [6.07, 6.45) is 5.41. The fourth-order valence-corrected chi connectivity index (χ4v) is 6.95. The van der Waals surface area contributed by atoms with Crippen LogP contribution in [0.3, 0.4) is 0 Å². The number of aromatic nitrogens is 1. The molecule has 0 bridgehead atoms. The number of nitrogens with zero attached hydrogens (tertiary/aromatic N) is 2. The minimum Gasteiger partial charge on any atom is -0.317 e. The maximum Gasteiger partial charge on any atom is 0.228 e. The monoisotopic (exact) mass is 425 g/mol. The average molecular weight is 426 g/mol. The molecule has 3 heterocycles. The number of thiazole rings is 1. The number of carbonyl (C=O) groups excluding carboxylic acids is 1. The van der Waals surface area contributed by atoms with Crippen LogP contribution < -0.4 is 5.32 Å². The summed E-state index contributed by atoms with van der Waals surface area (Å²) < 4.78 is 1.20. The quantitative estimate of drug-likeness (QED) is 0.564. The standard InChI is InChI=1S/C23H27N3OS2/c1-14(2)26-12-11-16-19(13-26)29-23(25-21(27)15-7-3-4-8-15)20(16)22-24-17-9-5-6-10-18(17)28-22/h5-6,9-10,14-15H,3-4,7-8,11-13H2,1-2H3,(H,25,27). The number of benzene rings is 1. The number of amides is 1. The van der Waals surface area contributed by atoms with E-state index in [0.29, 0.717) is 6.04 Å². The van der Waals surface area contributed by atoms with E-state index in [1.165, 1.54) is 33.5 Å². The van der Waals surface area contributed by atoms with Crippen LogP contribution in [-0.4, -0.2) is 28.4 Å². The van der Waals surface area contributed by atoms with Gasteiger partial charge in [-0.2, -0.15) is 0 Å². The van der Waals surface area contributed by atoms with E-state index in [9.17, 15) is 4.79 Å². The van der Waals surface area contributed by atoms with Gasteiger partial charge in [-0.05, 0) is 50.8 Å². The van der Waals surface area contributed by atoms with Crippen LogP contribution in [0.5, 0.6) is 0 Å². The molecule has 1 N–H and O–H groups in total. The smallest absolute Gasteiger partial charge is 0.228 e. The summed E-state index contributed by atoms with van der Waals surface area (Å²) in [7, 11) is 0. The molecule has 152 valence electrons. The van der Waals surface area contributed by atoms with Gasteiger partial charge in [-0.15, -0.1) is 22.7 Å². The second-order valence-electron chi connectivity index (χ2n) is 8.48. The van der Waals surface area contributed by atoms with Crippen molar-refractivity contribution < 1.29 is 4.79 Å². The van der Waals surface area contributed by atoms with Crippen molar-refractivity contribution in [1.29, 1.82) is 0 Å². The average Bonchev–Trinajstić information content (AvgIpc) is 3.44. The molecule has 6 heteroatoms. The van der Waals surface area contributed by atoms with Gasteiger partial charge in [0.05, 0.1) is 10.2 Å². The highest BCUT2D eigenvalue weighted by Gasteiger charge is 2.30. The van der Waals surface area contributed by atoms with E-state index in [1.54, 1.807) is 22.7 Å². The number of nitrogens with one attached hydrogen (secondary N) is 1. The second-order valence-corrected chi connectivity index (χ2v) is 10.6. The van der Waals surface area contributed by atoms with E-state index in [4.69, 9.17) is 4.98 Å². The molecule has 3 aromatic rings. The van der Waals surface area contributed by atoms with E-state index >= 15 is 0 Å². The Kier molecular flexibility index (Phi) is 5.18. The first-order chi connectivity index (χ1) is 14.1. The van der Waals surface area contributed by atoms with E-state index < -0.39 is 0 Å². The van der Waals surface area contributed by atoms with Crippen molar-refractivity contribution in [2.75, 3.05) is 11.9 Å². The van der Waals surface area contributed by atoms with Crippen LogP contribution in [0.25, 0.3) is 20.8 Å². The highest BCUT2D eigenvalue weighted by molar-refractivity contribution is 7.22. The zero-order valence-corrected chi connectivity index (χ0v) is 18.7. The third-order valence-electron chi connectivity index (χ3n) is 6.29. The van der Waals surface area contributed by atoms with Crippen LogP contribution in [0, 0.1) is 5.92 Å². The molecule has 1 saturated carbocycles. The number of carbonyl (C=O) groups is 1. The van der Waals surface area contributed by atoms with E-state index in [1.807, 2.05) is 6.07 Å². The maximum absolute atomic E-state index is 12.9. The molecule has 0 atom stereocenters. The molecule has 29 heavy (non-hydrogen) atoms. The number of hydrogen-bond donors (Lipinski definition) is 1. The molecule has 2 aliphatic rings.